The van der Waals surface area contributed by atoms with Crippen LogP contribution in [0.25, 0.3) is 0 Å². The summed E-state index contributed by atoms with van der Waals surface area (Å²) in [5.41, 5.74) is 9.45. The van der Waals surface area contributed by atoms with E-state index in [0.717, 1.165) is 24.3 Å². The summed E-state index contributed by atoms with van der Waals surface area (Å²) in [5.74, 6) is -3.13. The number of esters is 2. The van der Waals surface area contributed by atoms with Crippen LogP contribution >= 0.6 is 0 Å². The van der Waals surface area contributed by atoms with Crippen LogP contribution in [0.2, 0.25) is 0 Å². The van der Waals surface area contributed by atoms with Crippen LogP contribution in [0.3, 0.4) is 0 Å². The Morgan fingerprint density at radius 3 is 1.29 bits per heavy atom. The Kier molecular flexibility index (Phi) is 12.6. The van der Waals surface area contributed by atoms with Crippen molar-refractivity contribution in [3.8, 4) is 0 Å². The number of primary amides is 2. The van der Waals surface area contributed by atoms with Crippen LogP contribution < -0.4 is 22.1 Å². The molecule has 0 aromatic rings. The predicted molar refractivity (Wildman–Crippen MR) is 94.1 cm³/mol. The Labute approximate surface area is 160 Å². The third-order valence-corrected chi connectivity index (χ3v) is 2.76. The summed E-state index contributed by atoms with van der Waals surface area (Å²) in [6.45, 7) is 0.274. The van der Waals surface area contributed by atoms with E-state index in [1.54, 1.807) is 10.6 Å². The van der Waals surface area contributed by atoms with Crippen molar-refractivity contribution in [1.82, 2.24) is 10.6 Å². The first-order valence-corrected chi connectivity index (χ1v) is 8.11. The van der Waals surface area contributed by atoms with Crippen molar-refractivity contribution < 1.29 is 38.2 Å². The molecule has 0 aliphatic heterocycles. The standard InChI is InChI=1S/C16H22N4O8/c17-15(25)19-11(21)5-7-13(23)27-9-3-1-2-4-10-28-14(24)8-6-12(22)20-16(18)26/h5-8H,1-4,9-10H2,(H3,17,19,21,25)(H3,18,20,22,26). The van der Waals surface area contributed by atoms with Crippen LogP contribution in [0.4, 0.5) is 9.59 Å². The van der Waals surface area contributed by atoms with Gasteiger partial charge in [-0.25, -0.2) is 19.2 Å². The Morgan fingerprint density at radius 2 is 0.964 bits per heavy atom. The molecule has 0 saturated carbocycles. The number of urea groups is 2. The Morgan fingerprint density at radius 1 is 0.607 bits per heavy atom. The quantitative estimate of drug-likeness (QED) is 0.196. The molecule has 154 valence electrons. The molecule has 0 aliphatic carbocycles. The van der Waals surface area contributed by atoms with Crippen LogP contribution in [-0.4, -0.2) is 49.0 Å². The number of amides is 6. The first-order valence-electron chi connectivity index (χ1n) is 8.11. The van der Waals surface area contributed by atoms with Gasteiger partial charge in [-0.15, -0.1) is 0 Å². The second-order valence-corrected chi connectivity index (χ2v) is 5.12. The van der Waals surface area contributed by atoms with Gasteiger partial charge in [-0.2, -0.15) is 0 Å². The van der Waals surface area contributed by atoms with Gasteiger partial charge in [0.15, 0.2) is 0 Å². The Bertz CT molecular complexity index is 601. The normalized spacial score (nSPS) is 10.4. The SMILES string of the molecule is NC(=O)NC(=O)C=CC(=O)OCCCCCCOC(=O)C=CC(=O)NC(N)=O. The lowest BCUT2D eigenvalue weighted by Gasteiger charge is -2.03. The second kappa shape index (κ2) is 14.5. The Hall–Kier alpha value is -3.70. The fourth-order valence-corrected chi connectivity index (χ4v) is 1.61. The maximum atomic E-state index is 11.3. The largest absolute Gasteiger partial charge is 0.463 e. The highest BCUT2D eigenvalue weighted by atomic mass is 16.5. The van der Waals surface area contributed by atoms with Gasteiger partial charge < -0.3 is 20.9 Å². The second-order valence-electron chi connectivity index (χ2n) is 5.12. The molecule has 0 bridgehead atoms. The molecule has 0 aromatic carbocycles. The summed E-state index contributed by atoms with van der Waals surface area (Å²) in [6.07, 6.45) is 5.92. The summed E-state index contributed by atoms with van der Waals surface area (Å²) >= 11 is 0. The lowest BCUT2D eigenvalue weighted by molar-refractivity contribution is -0.139. The highest BCUT2D eigenvalue weighted by molar-refractivity contribution is 6.03. The van der Waals surface area contributed by atoms with E-state index in [4.69, 9.17) is 20.9 Å². The van der Waals surface area contributed by atoms with Crippen molar-refractivity contribution in [1.29, 1.82) is 0 Å². The van der Waals surface area contributed by atoms with Gasteiger partial charge in [0.2, 0.25) is 0 Å². The number of carbonyl (C=O) groups is 6. The molecule has 28 heavy (non-hydrogen) atoms. The van der Waals surface area contributed by atoms with Crippen LogP contribution in [0, 0.1) is 0 Å². The van der Waals surface area contributed by atoms with E-state index in [2.05, 4.69) is 0 Å². The molecule has 0 unspecified atom stereocenters. The van der Waals surface area contributed by atoms with Gasteiger partial charge in [-0.05, 0) is 25.7 Å². The number of hydrogen-bond acceptors (Lipinski definition) is 8. The summed E-state index contributed by atoms with van der Waals surface area (Å²) in [7, 11) is 0. The maximum absolute atomic E-state index is 11.3. The maximum Gasteiger partial charge on any atom is 0.330 e. The predicted octanol–water partition coefficient (Wildman–Crippen LogP) is -0.865. The number of carbonyl (C=O) groups excluding carboxylic acids is 6. The molecule has 0 spiro atoms. The fourth-order valence-electron chi connectivity index (χ4n) is 1.61. The van der Waals surface area contributed by atoms with E-state index >= 15 is 0 Å². The lowest BCUT2D eigenvalue weighted by atomic mass is 10.2. The van der Waals surface area contributed by atoms with E-state index in [-0.39, 0.29) is 13.2 Å². The molecule has 0 aliphatic rings. The lowest BCUT2D eigenvalue weighted by Crippen LogP contribution is -2.33. The van der Waals surface area contributed by atoms with Crippen molar-refractivity contribution in [3.63, 3.8) is 0 Å². The average molecular weight is 398 g/mol. The summed E-state index contributed by atoms with van der Waals surface area (Å²) in [5, 5.41) is 3.50. The minimum atomic E-state index is -1.03. The molecular weight excluding hydrogens is 376 g/mol. The van der Waals surface area contributed by atoms with Gasteiger partial charge in [0.1, 0.15) is 0 Å². The molecule has 0 heterocycles. The summed E-state index contributed by atoms with van der Waals surface area (Å²) in [6, 6.07) is -2.06. The van der Waals surface area contributed by atoms with Gasteiger partial charge >= 0.3 is 24.0 Å². The van der Waals surface area contributed by atoms with Gasteiger partial charge in [-0.1, -0.05) is 0 Å². The molecule has 0 atom stereocenters. The number of imide groups is 2. The zero-order chi connectivity index (χ0) is 21.4. The first kappa shape index (κ1) is 24.3. The number of unbranched alkanes of at least 4 members (excludes halogenated alkanes) is 3. The topological polar surface area (TPSA) is 197 Å². The van der Waals surface area contributed by atoms with Crippen LogP contribution in [-0.2, 0) is 28.7 Å². The highest BCUT2D eigenvalue weighted by Gasteiger charge is 2.03. The van der Waals surface area contributed by atoms with Crippen LogP contribution in [0.1, 0.15) is 25.7 Å². The zero-order valence-electron chi connectivity index (χ0n) is 15.0. The van der Waals surface area contributed by atoms with Crippen molar-refractivity contribution in [2.45, 2.75) is 25.7 Å². The summed E-state index contributed by atoms with van der Waals surface area (Å²) < 4.78 is 9.67. The number of rotatable bonds is 11. The number of ether oxygens (including phenoxy) is 2. The number of hydrogen-bond donors (Lipinski definition) is 4. The summed E-state index contributed by atoms with van der Waals surface area (Å²) in [4.78, 5) is 65.4. The molecule has 0 rings (SSSR count). The number of nitrogens with two attached hydrogens (primary N) is 2. The molecule has 0 fully saturated rings. The van der Waals surface area contributed by atoms with E-state index in [9.17, 15) is 28.8 Å². The van der Waals surface area contributed by atoms with Crippen LogP contribution in [0.5, 0.6) is 0 Å². The van der Waals surface area contributed by atoms with E-state index in [1.165, 1.54) is 0 Å². The van der Waals surface area contributed by atoms with Crippen molar-refractivity contribution in [3.05, 3.63) is 24.3 Å². The number of nitrogens with one attached hydrogen (secondary N) is 2. The molecule has 12 heteroatoms. The third kappa shape index (κ3) is 15.8. The molecule has 6 amide bonds. The van der Waals surface area contributed by atoms with Gasteiger partial charge in [0, 0.05) is 24.3 Å². The Balaban J connectivity index is 3.69. The average Bonchev–Trinajstić information content (AvgIpc) is 2.59. The zero-order valence-corrected chi connectivity index (χ0v) is 15.0. The van der Waals surface area contributed by atoms with Crippen LogP contribution in [0.15, 0.2) is 24.3 Å². The minimum absolute atomic E-state index is 0.137. The monoisotopic (exact) mass is 398 g/mol. The van der Waals surface area contributed by atoms with Gasteiger partial charge in [-0.3, -0.25) is 20.2 Å². The van der Waals surface area contributed by atoms with Crippen molar-refractivity contribution in [2.75, 3.05) is 13.2 Å². The first-order chi connectivity index (χ1) is 13.2. The molecule has 0 saturated heterocycles. The van der Waals surface area contributed by atoms with Crippen molar-refractivity contribution >= 4 is 35.8 Å². The van der Waals surface area contributed by atoms with Gasteiger partial charge in [0.05, 0.1) is 13.2 Å². The molecule has 12 nitrogen and oxygen atoms in total. The third-order valence-electron chi connectivity index (χ3n) is 2.76. The minimum Gasteiger partial charge on any atom is -0.463 e. The molecule has 0 aromatic heterocycles. The highest BCUT2D eigenvalue weighted by Crippen LogP contribution is 2.01. The molecule has 0 radical (unpaired) electrons. The van der Waals surface area contributed by atoms with E-state index in [0.29, 0.717) is 25.7 Å². The van der Waals surface area contributed by atoms with Crippen molar-refractivity contribution in [2.24, 2.45) is 11.5 Å². The smallest absolute Gasteiger partial charge is 0.330 e. The fraction of sp³-hybridized carbons (Fsp3) is 0.375. The van der Waals surface area contributed by atoms with Gasteiger partial charge in [0.25, 0.3) is 11.8 Å². The molecular formula is C16H22N4O8. The molecule has 6 N–H and O–H groups in total. The van der Waals surface area contributed by atoms with E-state index < -0.39 is 35.8 Å². The van der Waals surface area contributed by atoms with E-state index in [1.807, 2.05) is 0 Å².